The molecule has 0 aromatic carbocycles. The van der Waals surface area contributed by atoms with Crippen molar-refractivity contribution in [3.8, 4) is 11.5 Å². The van der Waals surface area contributed by atoms with Gasteiger partial charge in [0.25, 0.3) is 0 Å². The average molecular weight is 416 g/mol. The number of pyridine rings is 1. The fourth-order valence-electron chi connectivity index (χ4n) is 3.07. The molecule has 0 amide bonds. The van der Waals surface area contributed by atoms with Gasteiger partial charge in [0.2, 0.25) is 0 Å². The highest BCUT2D eigenvalue weighted by Gasteiger charge is 2.31. The highest BCUT2D eigenvalue weighted by atomic mass is 19.4. The minimum absolute atomic E-state index is 0.350. The SMILES string of the molecule is FC(F)(F)c1ccc2ncc(-c3nccc(N4CCNCC4)n3)n2c1.c1cn[nH]c1. The van der Waals surface area contributed by atoms with E-state index in [4.69, 9.17) is 0 Å². The van der Waals surface area contributed by atoms with Crippen molar-refractivity contribution < 1.29 is 13.2 Å². The number of piperazine rings is 1. The van der Waals surface area contributed by atoms with E-state index in [0.29, 0.717) is 17.2 Å². The van der Waals surface area contributed by atoms with Crippen LogP contribution in [-0.2, 0) is 6.18 Å². The van der Waals surface area contributed by atoms with Crippen molar-refractivity contribution in [2.24, 2.45) is 0 Å². The maximum atomic E-state index is 13.0. The molecule has 11 heteroatoms. The van der Waals surface area contributed by atoms with Crippen molar-refractivity contribution >= 4 is 11.5 Å². The molecule has 5 heterocycles. The van der Waals surface area contributed by atoms with Gasteiger partial charge in [-0.05, 0) is 24.3 Å². The Morgan fingerprint density at radius 3 is 2.50 bits per heavy atom. The van der Waals surface area contributed by atoms with E-state index >= 15 is 0 Å². The predicted octanol–water partition coefficient (Wildman–Crippen LogP) is 2.63. The number of fused-ring (bicyclic) bond motifs is 1. The van der Waals surface area contributed by atoms with E-state index in [1.807, 2.05) is 6.07 Å². The summed E-state index contributed by atoms with van der Waals surface area (Å²) in [5.41, 5.74) is 0.106. The third-order valence-electron chi connectivity index (χ3n) is 4.55. The zero-order valence-corrected chi connectivity index (χ0v) is 15.8. The molecule has 0 unspecified atom stereocenters. The fourth-order valence-corrected chi connectivity index (χ4v) is 3.07. The number of hydrogen-bond donors (Lipinski definition) is 2. The van der Waals surface area contributed by atoms with Gasteiger partial charge >= 0.3 is 6.18 Å². The number of nitrogens with zero attached hydrogens (tertiary/aromatic N) is 6. The third-order valence-corrected chi connectivity index (χ3v) is 4.55. The Balaban J connectivity index is 0.000000383. The minimum Gasteiger partial charge on any atom is -0.354 e. The molecule has 0 radical (unpaired) electrons. The van der Waals surface area contributed by atoms with Gasteiger partial charge in [-0.15, -0.1) is 0 Å². The lowest BCUT2D eigenvalue weighted by Crippen LogP contribution is -2.43. The second kappa shape index (κ2) is 8.49. The third kappa shape index (κ3) is 4.40. The topological polar surface area (TPSA) is 87.0 Å². The van der Waals surface area contributed by atoms with E-state index in [1.54, 1.807) is 24.7 Å². The summed E-state index contributed by atoms with van der Waals surface area (Å²) in [6.45, 7) is 3.37. The smallest absolute Gasteiger partial charge is 0.354 e. The van der Waals surface area contributed by atoms with E-state index in [-0.39, 0.29) is 0 Å². The molecular weight excluding hydrogens is 397 g/mol. The molecule has 1 aliphatic heterocycles. The summed E-state index contributed by atoms with van der Waals surface area (Å²) in [5, 5.41) is 9.47. The van der Waals surface area contributed by atoms with E-state index in [2.05, 4.69) is 35.4 Å². The molecule has 8 nitrogen and oxygen atoms in total. The van der Waals surface area contributed by atoms with Gasteiger partial charge in [-0.25, -0.2) is 15.0 Å². The molecule has 4 aromatic heterocycles. The van der Waals surface area contributed by atoms with Crippen molar-refractivity contribution in [3.05, 3.63) is 60.8 Å². The number of halogens is 3. The molecule has 156 valence electrons. The van der Waals surface area contributed by atoms with Crippen molar-refractivity contribution in [2.75, 3.05) is 31.1 Å². The van der Waals surface area contributed by atoms with Crippen LogP contribution in [0, 0.1) is 0 Å². The normalized spacial score (nSPS) is 14.4. The van der Waals surface area contributed by atoms with Gasteiger partial charge in [0, 0.05) is 51.0 Å². The Labute approximate surface area is 169 Å². The lowest BCUT2D eigenvalue weighted by Gasteiger charge is -2.28. The highest BCUT2D eigenvalue weighted by molar-refractivity contribution is 5.59. The summed E-state index contributed by atoms with van der Waals surface area (Å²) in [7, 11) is 0. The van der Waals surface area contributed by atoms with Gasteiger partial charge < -0.3 is 10.2 Å². The zero-order chi connectivity index (χ0) is 21.0. The van der Waals surface area contributed by atoms with Crippen molar-refractivity contribution in [2.45, 2.75) is 6.18 Å². The first-order chi connectivity index (χ1) is 14.5. The fraction of sp³-hybridized carbons (Fsp3) is 0.263. The molecule has 5 rings (SSSR count). The van der Waals surface area contributed by atoms with Crippen LogP contribution in [0.4, 0.5) is 19.0 Å². The van der Waals surface area contributed by atoms with Crippen LogP contribution in [0.3, 0.4) is 0 Å². The average Bonchev–Trinajstić information content (AvgIpc) is 3.47. The predicted molar refractivity (Wildman–Crippen MR) is 105 cm³/mol. The van der Waals surface area contributed by atoms with Gasteiger partial charge in [-0.1, -0.05) is 0 Å². The number of anilines is 1. The van der Waals surface area contributed by atoms with Crippen LogP contribution in [0.1, 0.15) is 5.56 Å². The van der Waals surface area contributed by atoms with Gasteiger partial charge in [0.05, 0.1) is 11.8 Å². The van der Waals surface area contributed by atoms with Crippen LogP contribution < -0.4 is 10.2 Å². The van der Waals surface area contributed by atoms with Crippen LogP contribution in [0.25, 0.3) is 17.2 Å². The molecule has 0 atom stereocenters. The molecule has 1 fully saturated rings. The highest BCUT2D eigenvalue weighted by Crippen LogP contribution is 2.30. The first-order valence-electron chi connectivity index (χ1n) is 9.29. The molecule has 4 aromatic rings. The molecule has 0 spiro atoms. The summed E-state index contributed by atoms with van der Waals surface area (Å²) in [6.07, 6.45) is 3.18. The largest absolute Gasteiger partial charge is 0.417 e. The second-order valence-corrected chi connectivity index (χ2v) is 6.53. The summed E-state index contributed by atoms with van der Waals surface area (Å²) >= 11 is 0. The summed E-state index contributed by atoms with van der Waals surface area (Å²) in [6, 6.07) is 6.00. The molecular formula is C19H19F3N8. The number of hydrogen-bond acceptors (Lipinski definition) is 6. The van der Waals surface area contributed by atoms with Crippen LogP contribution >= 0.6 is 0 Å². The number of rotatable bonds is 2. The second-order valence-electron chi connectivity index (χ2n) is 6.53. The summed E-state index contributed by atoms with van der Waals surface area (Å²) in [4.78, 5) is 15.0. The first-order valence-corrected chi connectivity index (χ1v) is 9.29. The van der Waals surface area contributed by atoms with Gasteiger partial charge in [0.15, 0.2) is 5.82 Å². The van der Waals surface area contributed by atoms with Crippen LogP contribution in [0.15, 0.2) is 55.2 Å². The van der Waals surface area contributed by atoms with E-state index in [1.165, 1.54) is 16.7 Å². The Morgan fingerprint density at radius 1 is 1.00 bits per heavy atom. The lowest BCUT2D eigenvalue weighted by atomic mass is 10.2. The molecule has 0 saturated carbocycles. The summed E-state index contributed by atoms with van der Waals surface area (Å²) < 4.78 is 40.3. The van der Waals surface area contributed by atoms with Crippen molar-refractivity contribution in [1.82, 2.24) is 34.9 Å². The Kier molecular flexibility index (Phi) is 5.61. The lowest BCUT2D eigenvalue weighted by molar-refractivity contribution is -0.137. The molecule has 0 bridgehead atoms. The molecule has 0 aliphatic carbocycles. The molecule has 2 N–H and O–H groups in total. The van der Waals surface area contributed by atoms with E-state index in [0.717, 1.165) is 44.3 Å². The number of H-pyrrole nitrogens is 1. The maximum absolute atomic E-state index is 13.0. The Morgan fingerprint density at radius 2 is 1.83 bits per heavy atom. The minimum atomic E-state index is -4.42. The molecule has 1 saturated heterocycles. The van der Waals surface area contributed by atoms with Crippen molar-refractivity contribution in [3.63, 3.8) is 0 Å². The van der Waals surface area contributed by atoms with Gasteiger partial charge in [-0.2, -0.15) is 18.3 Å². The van der Waals surface area contributed by atoms with E-state index in [9.17, 15) is 13.2 Å². The number of alkyl halides is 3. The molecule has 1 aliphatic rings. The molecule has 30 heavy (non-hydrogen) atoms. The van der Waals surface area contributed by atoms with Crippen molar-refractivity contribution in [1.29, 1.82) is 0 Å². The van der Waals surface area contributed by atoms with Crippen LogP contribution in [0.5, 0.6) is 0 Å². The maximum Gasteiger partial charge on any atom is 0.417 e. The number of nitrogens with one attached hydrogen (secondary N) is 2. The number of imidazole rings is 1. The Hall–Kier alpha value is -3.47. The Bertz CT molecular complexity index is 1070. The zero-order valence-electron chi connectivity index (χ0n) is 15.8. The van der Waals surface area contributed by atoms with E-state index < -0.39 is 11.7 Å². The van der Waals surface area contributed by atoms with Gasteiger partial charge in [-0.3, -0.25) is 9.50 Å². The number of aromatic amines is 1. The number of aromatic nitrogens is 6. The van der Waals surface area contributed by atoms with Gasteiger partial charge in [0.1, 0.15) is 17.2 Å². The quantitative estimate of drug-likeness (QED) is 0.523. The first kappa shape index (κ1) is 19.8. The monoisotopic (exact) mass is 416 g/mol. The standard InChI is InChI=1S/C16H15F3N6.C3H4N2/c17-16(18,19)11-1-2-13-22-9-12(25(13)10-11)15-21-4-3-14(23-15)24-7-5-20-6-8-24;1-2-4-5-3-1/h1-4,9-10,20H,5-8H2;1-3H,(H,4,5). The summed E-state index contributed by atoms with van der Waals surface area (Å²) in [5.74, 6) is 1.11. The van der Waals surface area contributed by atoms with Crippen LogP contribution in [0.2, 0.25) is 0 Å². The van der Waals surface area contributed by atoms with Crippen LogP contribution in [-0.4, -0.2) is 55.7 Å².